The number of rotatable bonds is 5. The molecule has 0 saturated heterocycles. The van der Waals surface area contributed by atoms with Gasteiger partial charge in [-0.3, -0.25) is 0 Å². The molecule has 0 bridgehead atoms. The van der Waals surface area contributed by atoms with Gasteiger partial charge in [0, 0.05) is 17.1 Å². The zero-order chi connectivity index (χ0) is 21.8. The second-order valence-corrected chi connectivity index (χ2v) is 7.23. The Kier molecular flexibility index (Phi) is 5.86. The Hall–Kier alpha value is -3.84. The van der Waals surface area contributed by atoms with Gasteiger partial charge in [0.1, 0.15) is 17.2 Å². The third-order valence-corrected chi connectivity index (χ3v) is 4.90. The Labute approximate surface area is 183 Å². The van der Waals surface area contributed by atoms with E-state index in [1.54, 1.807) is 41.1 Å². The smallest absolute Gasteiger partial charge is 0.319 e. The normalized spacial score (nSPS) is 10.6. The van der Waals surface area contributed by atoms with Crippen molar-refractivity contribution in [3.63, 3.8) is 0 Å². The molecule has 6 nitrogen and oxygen atoms in total. The van der Waals surface area contributed by atoms with Crippen LogP contribution in [0, 0.1) is 5.82 Å². The molecule has 1 aromatic heterocycles. The van der Waals surface area contributed by atoms with Crippen molar-refractivity contribution in [2.24, 2.45) is 0 Å². The van der Waals surface area contributed by atoms with E-state index in [4.69, 9.17) is 17.3 Å². The minimum Gasteiger partial charge on any atom is -0.382 e. The first-order chi connectivity index (χ1) is 15.0. The van der Waals surface area contributed by atoms with Gasteiger partial charge in [-0.15, -0.1) is 0 Å². The topological polar surface area (TPSA) is 85.0 Å². The predicted octanol–water partition coefficient (Wildman–Crippen LogP) is 5.24. The van der Waals surface area contributed by atoms with E-state index in [2.05, 4.69) is 15.7 Å². The van der Waals surface area contributed by atoms with Crippen LogP contribution in [0.4, 0.5) is 20.7 Å². The monoisotopic (exact) mass is 435 g/mol. The van der Waals surface area contributed by atoms with Gasteiger partial charge in [-0.05, 0) is 42.0 Å². The van der Waals surface area contributed by atoms with Gasteiger partial charge in [0.2, 0.25) is 0 Å². The summed E-state index contributed by atoms with van der Waals surface area (Å²) in [5, 5.41) is 10.8. The van der Waals surface area contributed by atoms with E-state index < -0.39 is 6.03 Å². The summed E-state index contributed by atoms with van der Waals surface area (Å²) in [5.41, 5.74) is 9.56. The molecule has 156 valence electrons. The third-order valence-electron chi connectivity index (χ3n) is 4.64. The molecule has 0 aliphatic rings. The zero-order valence-corrected chi connectivity index (χ0v) is 17.1. The third kappa shape index (κ3) is 4.67. The summed E-state index contributed by atoms with van der Waals surface area (Å²) in [6.07, 6.45) is 0. The summed E-state index contributed by atoms with van der Waals surface area (Å²) in [7, 11) is 0. The average Bonchev–Trinajstić information content (AvgIpc) is 3.10. The van der Waals surface area contributed by atoms with Gasteiger partial charge in [-0.2, -0.15) is 5.10 Å². The second-order valence-electron chi connectivity index (χ2n) is 6.80. The van der Waals surface area contributed by atoms with Crippen LogP contribution >= 0.6 is 11.6 Å². The van der Waals surface area contributed by atoms with E-state index >= 15 is 0 Å². The van der Waals surface area contributed by atoms with Gasteiger partial charge < -0.3 is 16.4 Å². The fourth-order valence-corrected chi connectivity index (χ4v) is 3.20. The van der Waals surface area contributed by atoms with Gasteiger partial charge in [-0.25, -0.2) is 13.9 Å². The molecule has 1 heterocycles. The lowest BCUT2D eigenvalue weighted by molar-refractivity contribution is 0.252. The number of aromatic nitrogens is 2. The molecule has 8 heteroatoms. The summed E-state index contributed by atoms with van der Waals surface area (Å²) >= 11 is 5.99. The number of benzene rings is 3. The summed E-state index contributed by atoms with van der Waals surface area (Å²) in [6, 6.07) is 21.9. The quantitative estimate of drug-likeness (QED) is 0.401. The number of amides is 2. The van der Waals surface area contributed by atoms with Crippen molar-refractivity contribution < 1.29 is 9.18 Å². The molecule has 31 heavy (non-hydrogen) atoms. The Bertz CT molecular complexity index is 1190. The highest BCUT2D eigenvalue weighted by molar-refractivity contribution is 6.30. The lowest BCUT2D eigenvalue weighted by atomic mass is 10.1. The van der Waals surface area contributed by atoms with Crippen molar-refractivity contribution in [1.82, 2.24) is 15.1 Å². The Morgan fingerprint density at radius 2 is 1.68 bits per heavy atom. The van der Waals surface area contributed by atoms with Gasteiger partial charge in [0.05, 0.1) is 5.69 Å². The Morgan fingerprint density at radius 3 is 2.35 bits per heavy atom. The van der Waals surface area contributed by atoms with Crippen LogP contribution in [0.2, 0.25) is 5.02 Å². The Morgan fingerprint density at radius 1 is 1.00 bits per heavy atom. The number of nitrogen functional groups attached to an aromatic ring is 1. The van der Waals surface area contributed by atoms with Gasteiger partial charge in [0.15, 0.2) is 5.82 Å². The fraction of sp³-hybridized carbons (Fsp3) is 0.0435. The van der Waals surface area contributed by atoms with Crippen molar-refractivity contribution in [3.8, 4) is 16.9 Å². The van der Waals surface area contributed by atoms with E-state index in [0.717, 1.165) is 11.1 Å². The van der Waals surface area contributed by atoms with Crippen molar-refractivity contribution in [2.75, 3.05) is 11.1 Å². The zero-order valence-electron chi connectivity index (χ0n) is 16.3. The molecule has 0 aliphatic heterocycles. The molecule has 0 aliphatic carbocycles. The number of hydrogen-bond acceptors (Lipinski definition) is 3. The van der Waals surface area contributed by atoms with Crippen LogP contribution in [0.5, 0.6) is 0 Å². The highest BCUT2D eigenvalue weighted by atomic mass is 35.5. The molecular formula is C23H19ClFN5O. The maximum atomic E-state index is 13.1. The molecule has 0 saturated carbocycles. The minimum absolute atomic E-state index is 0.234. The van der Waals surface area contributed by atoms with Gasteiger partial charge in [-0.1, -0.05) is 54.1 Å². The number of nitrogens with one attached hydrogen (secondary N) is 2. The van der Waals surface area contributed by atoms with Crippen molar-refractivity contribution >= 4 is 29.1 Å². The molecule has 0 unspecified atom stereocenters. The first-order valence-electron chi connectivity index (χ1n) is 9.50. The van der Waals surface area contributed by atoms with Crippen molar-refractivity contribution in [2.45, 2.75) is 6.54 Å². The van der Waals surface area contributed by atoms with Crippen LogP contribution in [0.25, 0.3) is 16.9 Å². The number of hydrogen-bond donors (Lipinski definition) is 3. The summed E-state index contributed by atoms with van der Waals surface area (Å²) in [5.74, 6) is -0.0544. The van der Waals surface area contributed by atoms with Gasteiger partial charge >= 0.3 is 6.03 Å². The molecule has 4 rings (SSSR count). The van der Waals surface area contributed by atoms with Crippen LogP contribution in [-0.4, -0.2) is 15.8 Å². The summed E-state index contributed by atoms with van der Waals surface area (Å²) < 4.78 is 14.6. The van der Waals surface area contributed by atoms with Crippen LogP contribution in [-0.2, 0) is 6.54 Å². The number of anilines is 2. The number of nitrogens with zero attached hydrogens (tertiary/aromatic N) is 2. The van der Waals surface area contributed by atoms with Crippen LogP contribution in [0.15, 0.2) is 78.9 Å². The van der Waals surface area contributed by atoms with Crippen LogP contribution in [0.1, 0.15) is 5.56 Å². The molecule has 0 atom stereocenters. The summed E-state index contributed by atoms with van der Waals surface area (Å²) in [4.78, 5) is 12.6. The molecular weight excluding hydrogens is 417 g/mol. The van der Waals surface area contributed by atoms with Crippen molar-refractivity contribution in [1.29, 1.82) is 0 Å². The fourth-order valence-electron chi connectivity index (χ4n) is 3.07. The molecule has 0 fully saturated rings. The average molecular weight is 436 g/mol. The first kappa shape index (κ1) is 20.4. The number of halogens is 2. The highest BCUT2D eigenvalue weighted by Gasteiger charge is 2.20. The molecule has 4 N–H and O–H groups in total. The largest absolute Gasteiger partial charge is 0.382 e. The SMILES string of the molecule is Nc1c(NC(=O)NCc2ccc(F)cc2)c(-c2ccccc2)nn1-c1ccc(Cl)cc1. The van der Waals surface area contributed by atoms with E-state index in [9.17, 15) is 9.18 Å². The number of carbonyl (C=O) groups excluding carboxylic acids is 1. The molecule has 4 aromatic rings. The molecule has 3 aromatic carbocycles. The second kappa shape index (κ2) is 8.89. The molecule has 2 amide bonds. The van der Waals surface area contributed by atoms with E-state index in [-0.39, 0.29) is 18.2 Å². The van der Waals surface area contributed by atoms with Crippen LogP contribution < -0.4 is 16.4 Å². The van der Waals surface area contributed by atoms with E-state index in [1.807, 2.05) is 30.3 Å². The van der Waals surface area contributed by atoms with Gasteiger partial charge in [0.25, 0.3) is 0 Å². The van der Waals surface area contributed by atoms with Crippen LogP contribution in [0.3, 0.4) is 0 Å². The standard InChI is InChI=1S/C23H19ClFN5O/c24-17-8-12-19(13-9-17)30-22(26)21(20(29-30)16-4-2-1-3-5-16)28-23(31)27-14-15-6-10-18(25)11-7-15/h1-13H,14,26H2,(H2,27,28,31). The molecule has 0 spiro atoms. The highest BCUT2D eigenvalue weighted by Crippen LogP contribution is 2.34. The maximum absolute atomic E-state index is 13.1. The van der Waals surface area contributed by atoms with E-state index in [1.165, 1.54) is 12.1 Å². The molecule has 0 radical (unpaired) electrons. The number of carbonyl (C=O) groups is 1. The minimum atomic E-state index is -0.455. The number of nitrogens with two attached hydrogens (primary N) is 1. The Balaban J connectivity index is 1.62. The van der Waals surface area contributed by atoms with Crippen molar-refractivity contribution in [3.05, 3.63) is 95.3 Å². The lowest BCUT2D eigenvalue weighted by Gasteiger charge is -2.09. The number of urea groups is 1. The predicted molar refractivity (Wildman–Crippen MR) is 121 cm³/mol. The lowest BCUT2D eigenvalue weighted by Crippen LogP contribution is -2.28. The first-order valence-corrected chi connectivity index (χ1v) is 9.88. The van der Waals surface area contributed by atoms with E-state index in [0.29, 0.717) is 22.1 Å². The summed E-state index contributed by atoms with van der Waals surface area (Å²) in [6.45, 7) is 0.234. The maximum Gasteiger partial charge on any atom is 0.319 e.